The molecule has 4 nitrogen and oxygen atoms in total. The van der Waals surface area contributed by atoms with E-state index in [1.54, 1.807) is 17.5 Å². The van der Waals surface area contributed by atoms with Crippen molar-refractivity contribution in [2.24, 2.45) is 0 Å². The Balaban J connectivity index is 1.81. The molecule has 0 aliphatic rings. The first-order valence-electron chi connectivity index (χ1n) is 6.09. The number of rotatable bonds is 4. The molecule has 0 spiro atoms. The lowest BCUT2D eigenvalue weighted by Gasteiger charge is -2.11. The number of nitrogens with one attached hydrogen (secondary N) is 1. The van der Waals surface area contributed by atoms with Crippen molar-refractivity contribution in [3.05, 3.63) is 47.0 Å². The zero-order chi connectivity index (χ0) is 13.1. The zero-order valence-corrected chi connectivity index (χ0v) is 11.2. The van der Waals surface area contributed by atoms with Gasteiger partial charge < -0.3 is 11.1 Å². The lowest BCUT2D eigenvalue weighted by molar-refractivity contribution is 0.979. The van der Waals surface area contributed by atoms with Crippen LogP contribution in [0.5, 0.6) is 0 Å². The topological polar surface area (TPSA) is 63.8 Å². The molecular formula is C14H14N4S. The maximum atomic E-state index is 6.01. The molecule has 0 aliphatic carbocycles. The summed E-state index contributed by atoms with van der Waals surface area (Å²) < 4.78 is 0. The van der Waals surface area contributed by atoms with E-state index in [0.717, 1.165) is 35.2 Å². The quantitative estimate of drug-likeness (QED) is 0.765. The number of benzene rings is 1. The SMILES string of the molecule is Nc1cnc2ccccc2c1NCCc1cscn1. The molecule has 0 saturated heterocycles. The molecular weight excluding hydrogens is 256 g/mol. The molecule has 0 unspecified atom stereocenters. The van der Waals surface area contributed by atoms with Gasteiger partial charge in [-0.1, -0.05) is 18.2 Å². The Morgan fingerprint density at radius 1 is 1.21 bits per heavy atom. The van der Waals surface area contributed by atoms with Crippen molar-refractivity contribution < 1.29 is 0 Å². The fourth-order valence-corrected chi connectivity index (χ4v) is 2.62. The van der Waals surface area contributed by atoms with Gasteiger partial charge in [-0.05, 0) is 6.07 Å². The van der Waals surface area contributed by atoms with E-state index in [4.69, 9.17) is 5.73 Å². The standard InChI is InChI=1S/C14H14N4S/c15-12-7-17-13-4-2-1-3-11(13)14(12)16-6-5-10-8-19-9-18-10/h1-4,7-9H,5-6,15H2,(H,16,17). The lowest BCUT2D eigenvalue weighted by Crippen LogP contribution is -2.08. The van der Waals surface area contributed by atoms with Gasteiger partial charge in [-0.3, -0.25) is 4.98 Å². The van der Waals surface area contributed by atoms with Crippen molar-refractivity contribution in [3.63, 3.8) is 0 Å². The van der Waals surface area contributed by atoms with Gasteiger partial charge in [0.25, 0.3) is 0 Å². The molecule has 3 rings (SSSR count). The van der Waals surface area contributed by atoms with E-state index in [0.29, 0.717) is 5.69 Å². The van der Waals surface area contributed by atoms with Gasteiger partial charge in [0, 0.05) is 23.7 Å². The van der Waals surface area contributed by atoms with Crippen molar-refractivity contribution in [2.75, 3.05) is 17.6 Å². The number of thiazole rings is 1. The van der Waals surface area contributed by atoms with E-state index >= 15 is 0 Å². The molecule has 2 aromatic heterocycles. The van der Waals surface area contributed by atoms with Crippen LogP contribution >= 0.6 is 11.3 Å². The average molecular weight is 270 g/mol. The van der Waals surface area contributed by atoms with Crippen molar-refractivity contribution >= 4 is 33.6 Å². The molecule has 0 aliphatic heterocycles. The highest BCUT2D eigenvalue weighted by atomic mass is 32.1. The second-order valence-electron chi connectivity index (χ2n) is 4.26. The van der Waals surface area contributed by atoms with Gasteiger partial charge in [0.2, 0.25) is 0 Å². The summed E-state index contributed by atoms with van der Waals surface area (Å²) in [7, 11) is 0. The van der Waals surface area contributed by atoms with E-state index in [9.17, 15) is 0 Å². The Kier molecular flexibility index (Phi) is 3.29. The summed E-state index contributed by atoms with van der Waals surface area (Å²) in [4.78, 5) is 8.59. The number of aromatic nitrogens is 2. The molecule has 3 aromatic rings. The predicted octanol–water partition coefficient (Wildman–Crippen LogP) is 2.93. The highest BCUT2D eigenvalue weighted by Crippen LogP contribution is 2.27. The molecule has 0 fully saturated rings. The van der Waals surface area contributed by atoms with Gasteiger partial charge in [0.15, 0.2) is 0 Å². The van der Waals surface area contributed by atoms with E-state index < -0.39 is 0 Å². The summed E-state index contributed by atoms with van der Waals surface area (Å²) in [5.41, 5.74) is 11.6. The third-order valence-electron chi connectivity index (χ3n) is 2.97. The van der Waals surface area contributed by atoms with Crippen molar-refractivity contribution in [2.45, 2.75) is 6.42 Å². The van der Waals surface area contributed by atoms with Crippen LogP contribution in [0, 0.1) is 0 Å². The summed E-state index contributed by atoms with van der Waals surface area (Å²) in [5, 5.41) is 6.52. The van der Waals surface area contributed by atoms with Crippen LogP contribution in [-0.2, 0) is 6.42 Å². The Labute approximate surface area is 115 Å². The van der Waals surface area contributed by atoms with E-state index in [2.05, 4.69) is 20.7 Å². The summed E-state index contributed by atoms with van der Waals surface area (Å²) >= 11 is 1.62. The summed E-state index contributed by atoms with van der Waals surface area (Å²) in [6.45, 7) is 0.807. The summed E-state index contributed by atoms with van der Waals surface area (Å²) in [6, 6.07) is 7.99. The van der Waals surface area contributed by atoms with Crippen LogP contribution in [0.15, 0.2) is 41.4 Å². The zero-order valence-electron chi connectivity index (χ0n) is 10.3. The first-order valence-corrected chi connectivity index (χ1v) is 7.03. The van der Waals surface area contributed by atoms with Gasteiger partial charge in [0.1, 0.15) is 0 Å². The Morgan fingerprint density at radius 3 is 2.95 bits per heavy atom. The second kappa shape index (κ2) is 5.24. The molecule has 3 N–H and O–H groups in total. The van der Waals surface area contributed by atoms with Crippen LogP contribution in [0.4, 0.5) is 11.4 Å². The van der Waals surface area contributed by atoms with Crippen LogP contribution in [0.25, 0.3) is 10.9 Å². The number of para-hydroxylation sites is 1. The average Bonchev–Trinajstić information content (AvgIpc) is 2.94. The smallest absolute Gasteiger partial charge is 0.0794 e. The highest BCUT2D eigenvalue weighted by molar-refractivity contribution is 7.07. The van der Waals surface area contributed by atoms with Crippen LogP contribution in [0.1, 0.15) is 5.69 Å². The largest absolute Gasteiger partial charge is 0.396 e. The first-order chi connectivity index (χ1) is 9.34. The predicted molar refractivity (Wildman–Crippen MR) is 80.5 cm³/mol. The molecule has 96 valence electrons. The van der Waals surface area contributed by atoms with Gasteiger partial charge in [-0.15, -0.1) is 11.3 Å². The number of nitrogen functional groups attached to an aromatic ring is 1. The number of hydrogen-bond acceptors (Lipinski definition) is 5. The van der Waals surface area contributed by atoms with Crippen LogP contribution < -0.4 is 11.1 Å². The molecule has 0 amide bonds. The molecule has 1 aromatic carbocycles. The molecule has 0 atom stereocenters. The monoisotopic (exact) mass is 270 g/mol. The number of anilines is 2. The second-order valence-corrected chi connectivity index (χ2v) is 4.98. The maximum absolute atomic E-state index is 6.01. The molecule has 2 heterocycles. The van der Waals surface area contributed by atoms with Crippen LogP contribution in [0.2, 0.25) is 0 Å². The fourth-order valence-electron chi connectivity index (χ4n) is 2.03. The Hall–Kier alpha value is -2.14. The summed E-state index contributed by atoms with van der Waals surface area (Å²) in [6.07, 6.45) is 2.59. The van der Waals surface area contributed by atoms with Gasteiger partial charge in [0.05, 0.1) is 34.3 Å². The summed E-state index contributed by atoms with van der Waals surface area (Å²) in [5.74, 6) is 0. The Morgan fingerprint density at radius 2 is 2.11 bits per heavy atom. The highest BCUT2D eigenvalue weighted by Gasteiger charge is 2.05. The number of fused-ring (bicyclic) bond motifs is 1. The third kappa shape index (κ3) is 2.51. The number of pyridine rings is 1. The minimum absolute atomic E-state index is 0.678. The molecule has 0 bridgehead atoms. The van der Waals surface area contributed by atoms with Gasteiger partial charge in [-0.25, -0.2) is 4.98 Å². The normalized spacial score (nSPS) is 10.7. The molecule has 19 heavy (non-hydrogen) atoms. The Bertz CT molecular complexity index is 679. The van der Waals surface area contributed by atoms with Crippen LogP contribution in [0.3, 0.4) is 0 Å². The fraction of sp³-hybridized carbons (Fsp3) is 0.143. The number of nitrogens with two attached hydrogens (primary N) is 1. The van der Waals surface area contributed by atoms with E-state index in [1.165, 1.54) is 0 Å². The minimum Gasteiger partial charge on any atom is -0.396 e. The number of nitrogens with zero attached hydrogens (tertiary/aromatic N) is 2. The third-order valence-corrected chi connectivity index (χ3v) is 3.61. The maximum Gasteiger partial charge on any atom is 0.0794 e. The van der Waals surface area contributed by atoms with E-state index in [-0.39, 0.29) is 0 Å². The molecule has 5 heteroatoms. The van der Waals surface area contributed by atoms with E-state index in [1.807, 2.05) is 29.8 Å². The van der Waals surface area contributed by atoms with Gasteiger partial charge >= 0.3 is 0 Å². The van der Waals surface area contributed by atoms with Gasteiger partial charge in [-0.2, -0.15) is 0 Å². The minimum atomic E-state index is 0.678. The van der Waals surface area contributed by atoms with Crippen LogP contribution in [-0.4, -0.2) is 16.5 Å². The lowest BCUT2D eigenvalue weighted by atomic mass is 10.1. The van der Waals surface area contributed by atoms with Crippen molar-refractivity contribution in [1.82, 2.24) is 9.97 Å². The molecule has 0 saturated carbocycles. The van der Waals surface area contributed by atoms with Crippen molar-refractivity contribution in [3.8, 4) is 0 Å². The molecule has 0 radical (unpaired) electrons. The number of hydrogen-bond donors (Lipinski definition) is 2. The first kappa shape index (κ1) is 11.9. The van der Waals surface area contributed by atoms with Crippen molar-refractivity contribution in [1.29, 1.82) is 0 Å².